The molecule has 15 heavy (non-hydrogen) atoms. The summed E-state index contributed by atoms with van der Waals surface area (Å²) in [6.07, 6.45) is -5.32. The van der Waals surface area contributed by atoms with Gasteiger partial charge in [-0.15, -0.1) is 0 Å². The van der Waals surface area contributed by atoms with E-state index in [2.05, 4.69) is 4.74 Å². The highest BCUT2D eigenvalue weighted by Crippen LogP contribution is 2.34. The van der Waals surface area contributed by atoms with E-state index in [0.29, 0.717) is 6.29 Å². The van der Waals surface area contributed by atoms with Crippen molar-refractivity contribution < 1.29 is 22.7 Å². The molecule has 0 unspecified atom stereocenters. The largest absolute Gasteiger partial charge is 0.416 e. The van der Waals surface area contributed by atoms with E-state index in [1.807, 2.05) is 0 Å². The van der Waals surface area contributed by atoms with Gasteiger partial charge in [-0.25, -0.2) is 0 Å². The number of halogens is 3. The van der Waals surface area contributed by atoms with Crippen molar-refractivity contribution in [2.24, 2.45) is 0 Å². The van der Waals surface area contributed by atoms with Crippen molar-refractivity contribution in [3.63, 3.8) is 0 Å². The number of benzene rings is 1. The highest BCUT2D eigenvalue weighted by Gasteiger charge is 2.34. The van der Waals surface area contributed by atoms with Gasteiger partial charge < -0.3 is 9.53 Å². The minimum atomic E-state index is -4.48. The Kier molecular flexibility index (Phi) is 3.47. The monoisotopic (exact) mass is 218 g/mol. The number of ether oxygens (including phenoxy) is 1. The molecule has 0 saturated heterocycles. The molecule has 0 amide bonds. The fourth-order valence-electron chi connectivity index (χ4n) is 1.26. The van der Waals surface area contributed by atoms with Crippen molar-refractivity contribution in [2.45, 2.75) is 12.3 Å². The Bertz CT molecular complexity index is 347. The van der Waals surface area contributed by atoms with Gasteiger partial charge in [0.2, 0.25) is 0 Å². The molecular formula is C10H9F3O2. The Morgan fingerprint density at radius 2 is 1.93 bits per heavy atom. The van der Waals surface area contributed by atoms with Crippen LogP contribution < -0.4 is 0 Å². The molecule has 0 N–H and O–H groups in total. The van der Waals surface area contributed by atoms with Crippen LogP contribution in [0.1, 0.15) is 17.2 Å². The molecule has 2 nitrogen and oxygen atoms in total. The van der Waals surface area contributed by atoms with Gasteiger partial charge in [-0.2, -0.15) is 13.2 Å². The maximum atomic E-state index is 12.5. The first-order valence-corrected chi connectivity index (χ1v) is 4.15. The molecule has 0 bridgehead atoms. The molecule has 0 heterocycles. The molecular weight excluding hydrogens is 209 g/mol. The van der Waals surface area contributed by atoms with Crippen LogP contribution in [0.25, 0.3) is 0 Å². The van der Waals surface area contributed by atoms with Crippen LogP contribution in [0.4, 0.5) is 13.2 Å². The number of methoxy groups -OCH3 is 1. The molecule has 0 fully saturated rings. The minimum Gasteiger partial charge on any atom is -0.369 e. The summed E-state index contributed by atoms with van der Waals surface area (Å²) in [6, 6.07) is 4.85. The second-order valence-corrected chi connectivity index (χ2v) is 2.88. The van der Waals surface area contributed by atoms with Crippen LogP contribution in [0.2, 0.25) is 0 Å². The van der Waals surface area contributed by atoms with Gasteiger partial charge in [-0.1, -0.05) is 18.2 Å². The predicted molar refractivity (Wildman–Crippen MR) is 47.3 cm³/mol. The van der Waals surface area contributed by atoms with Gasteiger partial charge in [0.25, 0.3) is 0 Å². The van der Waals surface area contributed by atoms with Crippen LogP contribution in [0, 0.1) is 0 Å². The maximum absolute atomic E-state index is 12.5. The van der Waals surface area contributed by atoms with Crippen LogP contribution in [0.15, 0.2) is 24.3 Å². The number of hydrogen-bond donors (Lipinski definition) is 0. The summed E-state index contributed by atoms with van der Waals surface area (Å²) >= 11 is 0. The van der Waals surface area contributed by atoms with Gasteiger partial charge in [0, 0.05) is 12.7 Å². The predicted octanol–water partition coefficient (Wildman–Crippen LogP) is 2.59. The third-order valence-electron chi connectivity index (χ3n) is 1.95. The topological polar surface area (TPSA) is 26.3 Å². The first kappa shape index (κ1) is 11.7. The van der Waals surface area contributed by atoms with Crippen molar-refractivity contribution in [1.82, 2.24) is 0 Å². The maximum Gasteiger partial charge on any atom is 0.416 e. The summed E-state index contributed by atoms with van der Waals surface area (Å²) in [5.74, 6) is 0. The fraction of sp³-hybridized carbons (Fsp3) is 0.300. The van der Waals surface area contributed by atoms with Crippen LogP contribution in [-0.4, -0.2) is 13.4 Å². The van der Waals surface area contributed by atoms with Gasteiger partial charge in [0.05, 0.1) is 5.56 Å². The molecule has 0 saturated carbocycles. The molecule has 0 aliphatic carbocycles. The number of rotatable bonds is 3. The van der Waals surface area contributed by atoms with E-state index in [1.54, 1.807) is 0 Å². The van der Waals surface area contributed by atoms with Gasteiger partial charge in [0.15, 0.2) is 6.29 Å². The summed E-state index contributed by atoms with van der Waals surface area (Å²) in [7, 11) is 1.19. The zero-order valence-electron chi connectivity index (χ0n) is 7.91. The van der Waals surface area contributed by atoms with Gasteiger partial charge in [-0.05, 0) is 6.07 Å². The zero-order valence-corrected chi connectivity index (χ0v) is 7.91. The van der Waals surface area contributed by atoms with Crippen molar-refractivity contribution >= 4 is 6.29 Å². The first-order chi connectivity index (χ1) is 7.00. The fourth-order valence-corrected chi connectivity index (χ4v) is 1.26. The van der Waals surface area contributed by atoms with E-state index in [9.17, 15) is 18.0 Å². The lowest BCUT2D eigenvalue weighted by atomic mass is 10.0. The van der Waals surface area contributed by atoms with E-state index in [4.69, 9.17) is 0 Å². The molecule has 1 atom stereocenters. The Hall–Kier alpha value is -1.36. The Morgan fingerprint density at radius 3 is 2.40 bits per heavy atom. The molecule has 1 rings (SSSR count). The average Bonchev–Trinajstić information content (AvgIpc) is 2.19. The molecule has 0 aliphatic rings. The summed E-state index contributed by atoms with van der Waals surface area (Å²) in [4.78, 5) is 10.5. The van der Waals surface area contributed by atoms with E-state index in [-0.39, 0.29) is 5.56 Å². The number of alkyl halides is 3. The molecule has 0 aliphatic heterocycles. The van der Waals surface area contributed by atoms with E-state index in [1.165, 1.54) is 25.3 Å². The number of hydrogen-bond acceptors (Lipinski definition) is 2. The molecule has 0 aromatic heterocycles. The van der Waals surface area contributed by atoms with E-state index in [0.717, 1.165) is 6.07 Å². The van der Waals surface area contributed by atoms with Crippen LogP contribution in [-0.2, 0) is 15.7 Å². The summed E-state index contributed by atoms with van der Waals surface area (Å²) in [5.41, 5.74) is -1.01. The number of aldehydes is 1. The average molecular weight is 218 g/mol. The van der Waals surface area contributed by atoms with Crippen LogP contribution >= 0.6 is 0 Å². The Labute approximate surface area is 84.7 Å². The smallest absolute Gasteiger partial charge is 0.369 e. The quantitative estimate of drug-likeness (QED) is 0.729. The molecule has 5 heteroatoms. The summed E-state index contributed by atoms with van der Waals surface area (Å²) in [5, 5.41) is 0. The Morgan fingerprint density at radius 1 is 1.33 bits per heavy atom. The molecule has 1 aromatic rings. The number of carbonyl (C=O) groups excluding carboxylic acids is 1. The van der Waals surface area contributed by atoms with Crippen LogP contribution in [0.3, 0.4) is 0 Å². The van der Waals surface area contributed by atoms with Gasteiger partial charge >= 0.3 is 6.18 Å². The van der Waals surface area contributed by atoms with Gasteiger partial charge in [0.1, 0.15) is 6.10 Å². The summed E-state index contributed by atoms with van der Waals surface area (Å²) < 4.78 is 42.2. The van der Waals surface area contributed by atoms with Gasteiger partial charge in [-0.3, -0.25) is 0 Å². The SMILES string of the molecule is CO[C@H](C=O)c1ccccc1C(F)(F)F. The van der Waals surface area contributed by atoms with Crippen molar-refractivity contribution in [3.05, 3.63) is 35.4 Å². The summed E-state index contributed by atoms with van der Waals surface area (Å²) in [6.45, 7) is 0. The second-order valence-electron chi connectivity index (χ2n) is 2.88. The lowest BCUT2D eigenvalue weighted by Gasteiger charge is -2.15. The minimum absolute atomic E-state index is 0.164. The standard InChI is InChI=1S/C10H9F3O2/c1-15-9(6-14)7-4-2-3-5-8(7)10(11,12)13/h2-6,9H,1H3/t9-/m1/s1. The molecule has 82 valence electrons. The Balaban J connectivity index is 3.22. The molecule has 1 aromatic carbocycles. The van der Waals surface area contributed by atoms with Crippen LogP contribution in [0.5, 0.6) is 0 Å². The first-order valence-electron chi connectivity index (χ1n) is 4.15. The highest BCUT2D eigenvalue weighted by atomic mass is 19.4. The normalized spacial score (nSPS) is 13.6. The second kappa shape index (κ2) is 4.44. The third kappa shape index (κ3) is 2.56. The lowest BCUT2D eigenvalue weighted by Crippen LogP contribution is -2.13. The van der Waals surface area contributed by atoms with Crippen molar-refractivity contribution in [3.8, 4) is 0 Å². The zero-order chi connectivity index (χ0) is 11.5. The third-order valence-corrected chi connectivity index (χ3v) is 1.95. The molecule has 0 spiro atoms. The van der Waals surface area contributed by atoms with Crippen molar-refractivity contribution in [1.29, 1.82) is 0 Å². The van der Waals surface area contributed by atoms with Crippen molar-refractivity contribution in [2.75, 3.05) is 7.11 Å². The molecule has 0 radical (unpaired) electrons. The lowest BCUT2D eigenvalue weighted by molar-refractivity contribution is -0.139. The number of carbonyl (C=O) groups is 1. The highest BCUT2D eigenvalue weighted by molar-refractivity contribution is 5.61. The van der Waals surface area contributed by atoms with E-state index >= 15 is 0 Å². The van der Waals surface area contributed by atoms with E-state index < -0.39 is 17.8 Å².